The highest BCUT2D eigenvalue weighted by atomic mass is 32.1. The molecule has 1 aliphatic rings. The number of rotatable bonds is 5. The lowest BCUT2D eigenvalue weighted by Gasteiger charge is -2.30. The fraction of sp³-hybridized carbons (Fsp3) is 0.500. The van der Waals surface area contributed by atoms with Crippen molar-refractivity contribution in [3.05, 3.63) is 29.6 Å². The predicted octanol–water partition coefficient (Wildman–Crippen LogP) is 2.34. The molecule has 148 valence electrons. The van der Waals surface area contributed by atoms with E-state index in [0.717, 1.165) is 23.0 Å². The Morgan fingerprint density at radius 3 is 2.75 bits per heavy atom. The van der Waals surface area contributed by atoms with E-state index in [2.05, 4.69) is 40.1 Å². The molecule has 0 aliphatic carbocycles. The van der Waals surface area contributed by atoms with Crippen LogP contribution in [-0.2, 0) is 11.3 Å². The molecule has 1 amide bonds. The van der Waals surface area contributed by atoms with Crippen LogP contribution in [0.1, 0.15) is 24.7 Å². The summed E-state index contributed by atoms with van der Waals surface area (Å²) in [5.41, 5.74) is 0. The minimum Gasteiger partial charge on any atom is -0.341 e. The minimum absolute atomic E-state index is 0.0790. The van der Waals surface area contributed by atoms with Crippen LogP contribution in [0, 0.1) is 0 Å². The maximum atomic E-state index is 12.6. The normalized spacial score (nSPS) is 15.9. The number of likely N-dealkylation sites (tertiary alicyclic amines) is 1. The summed E-state index contributed by atoms with van der Waals surface area (Å²) in [5, 5.41) is 15.5. The number of aromatic nitrogens is 5. The summed E-state index contributed by atoms with van der Waals surface area (Å²) in [6.45, 7) is 8.27. The number of nitrogens with zero attached hydrogens (tertiary/aromatic N) is 6. The van der Waals surface area contributed by atoms with Crippen molar-refractivity contribution >= 4 is 30.6 Å². The molecule has 4 heterocycles. The third-order valence-corrected chi connectivity index (χ3v) is 7.62. The molecule has 0 spiro atoms. The number of carbonyl (C=O) groups is 1. The molecule has 28 heavy (non-hydrogen) atoms. The van der Waals surface area contributed by atoms with Crippen LogP contribution in [0.4, 0.5) is 0 Å². The molecule has 0 unspecified atom stereocenters. The van der Waals surface area contributed by atoms with Gasteiger partial charge in [-0.15, -0.1) is 16.4 Å². The lowest BCUT2D eigenvalue weighted by Crippen LogP contribution is -2.40. The van der Waals surface area contributed by atoms with Gasteiger partial charge < -0.3 is 9.42 Å². The lowest BCUT2D eigenvalue weighted by atomic mass is 9.97. The van der Waals surface area contributed by atoms with Crippen molar-refractivity contribution in [1.29, 1.82) is 0 Å². The van der Waals surface area contributed by atoms with Crippen LogP contribution in [0.5, 0.6) is 0 Å². The van der Waals surface area contributed by atoms with Crippen molar-refractivity contribution in [2.45, 2.75) is 44.9 Å². The van der Waals surface area contributed by atoms with E-state index < -0.39 is 8.07 Å². The number of amides is 1. The van der Waals surface area contributed by atoms with E-state index in [1.54, 1.807) is 16.0 Å². The zero-order chi connectivity index (χ0) is 19.7. The Bertz CT molecular complexity index is 938. The molecule has 8 nitrogen and oxygen atoms in total. The molecule has 10 heteroatoms. The molecule has 3 aromatic heterocycles. The van der Waals surface area contributed by atoms with Gasteiger partial charge in [0.05, 0.1) is 10.2 Å². The summed E-state index contributed by atoms with van der Waals surface area (Å²) >= 11 is 1.60. The van der Waals surface area contributed by atoms with Gasteiger partial charge in [-0.1, -0.05) is 36.1 Å². The van der Waals surface area contributed by atoms with Gasteiger partial charge >= 0.3 is 0 Å². The first kappa shape index (κ1) is 19.0. The maximum absolute atomic E-state index is 12.6. The van der Waals surface area contributed by atoms with E-state index in [4.69, 9.17) is 4.52 Å². The molecule has 0 bridgehead atoms. The molecule has 1 saturated heterocycles. The molecule has 1 aliphatic heterocycles. The smallest absolute Gasteiger partial charge is 0.244 e. The average Bonchev–Trinajstić information content (AvgIpc) is 3.41. The van der Waals surface area contributed by atoms with Crippen molar-refractivity contribution in [3.8, 4) is 10.7 Å². The van der Waals surface area contributed by atoms with Gasteiger partial charge in [-0.05, 0) is 24.3 Å². The number of carbonyl (C=O) groups excluding carboxylic acids is 1. The Hall–Kier alpha value is -2.33. The average molecular weight is 417 g/mol. The first-order valence-electron chi connectivity index (χ1n) is 9.46. The molecule has 0 aromatic carbocycles. The van der Waals surface area contributed by atoms with Crippen molar-refractivity contribution in [3.63, 3.8) is 0 Å². The van der Waals surface area contributed by atoms with E-state index in [1.165, 1.54) is 0 Å². The van der Waals surface area contributed by atoms with Gasteiger partial charge in [-0.3, -0.25) is 4.79 Å². The van der Waals surface area contributed by atoms with E-state index in [9.17, 15) is 4.79 Å². The van der Waals surface area contributed by atoms with Crippen LogP contribution >= 0.6 is 11.3 Å². The Labute approximate surface area is 168 Å². The van der Waals surface area contributed by atoms with Gasteiger partial charge in [-0.25, -0.2) is 4.68 Å². The van der Waals surface area contributed by atoms with Gasteiger partial charge in [-0.2, -0.15) is 4.98 Å². The largest absolute Gasteiger partial charge is 0.341 e. The fourth-order valence-corrected chi connectivity index (χ4v) is 4.77. The van der Waals surface area contributed by atoms with E-state index in [-0.39, 0.29) is 18.4 Å². The van der Waals surface area contributed by atoms with Gasteiger partial charge in [0.1, 0.15) is 14.6 Å². The second-order valence-electron chi connectivity index (χ2n) is 8.14. The van der Waals surface area contributed by atoms with Crippen molar-refractivity contribution in [1.82, 2.24) is 30.0 Å². The van der Waals surface area contributed by atoms with Gasteiger partial charge in [0.25, 0.3) is 0 Å². The summed E-state index contributed by atoms with van der Waals surface area (Å²) < 4.78 is 7.14. The predicted molar refractivity (Wildman–Crippen MR) is 109 cm³/mol. The fourth-order valence-electron chi connectivity index (χ4n) is 3.24. The zero-order valence-corrected chi connectivity index (χ0v) is 18.1. The number of piperidine rings is 1. The highest BCUT2D eigenvalue weighted by molar-refractivity contribution is 7.13. The first-order valence-corrected chi connectivity index (χ1v) is 13.8. The number of hydrogen-bond acceptors (Lipinski definition) is 7. The molecule has 0 saturated carbocycles. The zero-order valence-electron chi connectivity index (χ0n) is 16.3. The van der Waals surface area contributed by atoms with Gasteiger partial charge in [0, 0.05) is 25.2 Å². The third kappa shape index (κ3) is 4.07. The van der Waals surface area contributed by atoms with Crippen LogP contribution in [0.15, 0.2) is 28.2 Å². The van der Waals surface area contributed by atoms with E-state index >= 15 is 0 Å². The van der Waals surface area contributed by atoms with Gasteiger partial charge in [0.15, 0.2) is 0 Å². The molecule has 0 N–H and O–H groups in total. The quantitative estimate of drug-likeness (QED) is 0.593. The highest BCUT2D eigenvalue weighted by Crippen LogP contribution is 2.29. The minimum atomic E-state index is -1.51. The molecule has 4 rings (SSSR count). The second-order valence-corrected chi connectivity index (χ2v) is 14.1. The summed E-state index contributed by atoms with van der Waals surface area (Å²) in [5.74, 6) is 1.60. The molecular weight excluding hydrogens is 392 g/mol. The summed E-state index contributed by atoms with van der Waals surface area (Å²) in [4.78, 5) is 20.1. The summed E-state index contributed by atoms with van der Waals surface area (Å²) in [6.07, 6.45) is 3.58. The molecule has 3 aromatic rings. The molecular formula is C18H24N6O2SSi. The first-order chi connectivity index (χ1) is 13.4. The SMILES string of the molecule is C[Si](C)(C)c1cn(CC(=O)N2CCC(c3nc(-c4cccs4)no3)CC2)nn1. The maximum Gasteiger partial charge on any atom is 0.244 e. The second kappa shape index (κ2) is 7.59. The number of thiophene rings is 1. The Kier molecular flexibility index (Phi) is 5.15. The number of hydrogen-bond donors (Lipinski definition) is 0. The van der Waals surface area contributed by atoms with E-state index in [0.29, 0.717) is 24.8 Å². The molecule has 0 radical (unpaired) electrons. The van der Waals surface area contributed by atoms with Crippen LogP contribution < -0.4 is 5.32 Å². The van der Waals surface area contributed by atoms with Crippen molar-refractivity contribution in [2.75, 3.05) is 13.1 Å². The van der Waals surface area contributed by atoms with Crippen molar-refractivity contribution < 1.29 is 9.32 Å². The highest BCUT2D eigenvalue weighted by Gasteiger charge is 2.28. The Morgan fingerprint density at radius 1 is 1.32 bits per heavy atom. The standard InChI is InChI=1S/C18H24N6O2SSi/c1-28(2,3)15-11-24(22-20-15)12-16(25)23-8-6-13(7-9-23)18-19-17(21-26-18)14-5-4-10-27-14/h4-5,10-11,13H,6-9,12H2,1-3H3. The lowest BCUT2D eigenvalue weighted by molar-refractivity contribution is -0.133. The van der Waals surface area contributed by atoms with Crippen LogP contribution in [0.3, 0.4) is 0 Å². The van der Waals surface area contributed by atoms with E-state index in [1.807, 2.05) is 28.6 Å². The van der Waals surface area contributed by atoms with Crippen LogP contribution in [0.25, 0.3) is 10.7 Å². The summed E-state index contributed by atoms with van der Waals surface area (Å²) in [6, 6.07) is 3.96. The molecule has 1 fully saturated rings. The van der Waals surface area contributed by atoms with Crippen molar-refractivity contribution in [2.24, 2.45) is 0 Å². The monoisotopic (exact) mass is 416 g/mol. The Balaban J connectivity index is 1.32. The topological polar surface area (TPSA) is 89.9 Å². The van der Waals surface area contributed by atoms with Crippen LogP contribution in [0.2, 0.25) is 19.6 Å². The van der Waals surface area contributed by atoms with Gasteiger partial charge in [0.2, 0.25) is 17.6 Å². The summed E-state index contributed by atoms with van der Waals surface area (Å²) in [7, 11) is -1.51. The Morgan fingerprint density at radius 2 is 2.11 bits per heavy atom. The van der Waals surface area contributed by atoms with Crippen LogP contribution in [-0.4, -0.2) is 57.1 Å². The third-order valence-electron chi connectivity index (χ3n) is 4.98. The molecule has 0 atom stereocenters.